The number of oxazole rings is 1. The fraction of sp³-hybridized carbons (Fsp3) is 0.375. The van der Waals surface area contributed by atoms with Gasteiger partial charge in [0.05, 0.1) is 13.2 Å². The molecule has 0 radical (unpaired) electrons. The SMILES string of the molecule is c1ccc2c(C3CCN(c4ccc5oc(N6CCOCC6)nc5c4)CC3)c[nH]c2c1. The molecule has 0 aliphatic carbocycles. The average Bonchev–Trinajstić information content (AvgIpc) is 3.44. The molecule has 154 valence electrons. The number of aromatic amines is 1. The zero-order valence-electron chi connectivity index (χ0n) is 17.0. The minimum absolute atomic E-state index is 0.612. The number of hydrogen-bond acceptors (Lipinski definition) is 5. The lowest BCUT2D eigenvalue weighted by atomic mass is 9.89. The Kier molecular flexibility index (Phi) is 4.38. The molecule has 2 saturated heterocycles. The Labute approximate surface area is 175 Å². The molecule has 2 aliphatic rings. The van der Waals surface area contributed by atoms with Crippen molar-refractivity contribution < 1.29 is 9.15 Å². The lowest BCUT2D eigenvalue weighted by Gasteiger charge is -2.33. The van der Waals surface area contributed by atoms with Crippen LogP contribution < -0.4 is 9.80 Å². The van der Waals surface area contributed by atoms with Crippen LogP contribution >= 0.6 is 0 Å². The van der Waals surface area contributed by atoms with Gasteiger partial charge in [0.1, 0.15) is 5.52 Å². The number of H-pyrrole nitrogens is 1. The number of ether oxygens (including phenoxy) is 1. The Bertz CT molecular complexity index is 1170. The van der Waals surface area contributed by atoms with Crippen LogP contribution in [0.2, 0.25) is 0 Å². The van der Waals surface area contributed by atoms with Gasteiger partial charge in [0.2, 0.25) is 0 Å². The molecule has 0 amide bonds. The lowest BCUT2D eigenvalue weighted by molar-refractivity contribution is 0.120. The summed E-state index contributed by atoms with van der Waals surface area (Å²) in [4.78, 5) is 12.8. The number of rotatable bonds is 3. The molecule has 1 N–H and O–H groups in total. The van der Waals surface area contributed by atoms with E-state index >= 15 is 0 Å². The Morgan fingerprint density at radius 1 is 0.933 bits per heavy atom. The summed E-state index contributed by atoms with van der Waals surface area (Å²) in [5, 5.41) is 1.37. The lowest BCUT2D eigenvalue weighted by Crippen LogP contribution is -2.36. The number of piperidine rings is 1. The first-order valence-corrected chi connectivity index (χ1v) is 10.9. The first-order valence-electron chi connectivity index (χ1n) is 10.9. The molecule has 30 heavy (non-hydrogen) atoms. The Morgan fingerprint density at radius 3 is 2.63 bits per heavy atom. The van der Waals surface area contributed by atoms with Crippen LogP contribution in [-0.4, -0.2) is 49.4 Å². The number of para-hydroxylation sites is 1. The second-order valence-corrected chi connectivity index (χ2v) is 8.30. The molecule has 4 aromatic rings. The molecule has 0 bridgehead atoms. The molecular formula is C24H26N4O2. The molecule has 2 fully saturated rings. The van der Waals surface area contributed by atoms with Gasteiger partial charge in [0.25, 0.3) is 6.01 Å². The molecule has 6 heteroatoms. The standard InChI is InChI=1S/C24H26N4O2/c1-2-4-21-19(3-1)20(16-25-21)17-7-9-27(10-8-17)18-5-6-23-22(15-18)26-24(30-23)28-11-13-29-14-12-28/h1-6,15-17,25H,7-14H2. The molecular weight excluding hydrogens is 376 g/mol. The van der Waals surface area contributed by atoms with Crippen molar-refractivity contribution in [1.82, 2.24) is 9.97 Å². The van der Waals surface area contributed by atoms with Gasteiger partial charge in [-0.05, 0) is 48.6 Å². The van der Waals surface area contributed by atoms with Crippen LogP contribution in [0.15, 0.2) is 53.1 Å². The number of morpholine rings is 1. The Balaban J connectivity index is 1.19. The topological polar surface area (TPSA) is 57.5 Å². The van der Waals surface area contributed by atoms with E-state index in [0.29, 0.717) is 11.9 Å². The van der Waals surface area contributed by atoms with Crippen molar-refractivity contribution in [2.45, 2.75) is 18.8 Å². The maximum absolute atomic E-state index is 5.99. The number of fused-ring (bicyclic) bond motifs is 2. The minimum Gasteiger partial charge on any atom is -0.423 e. The van der Waals surface area contributed by atoms with Crippen molar-refractivity contribution in [1.29, 1.82) is 0 Å². The molecule has 0 atom stereocenters. The van der Waals surface area contributed by atoms with Crippen LogP contribution in [0.25, 0.3) is 22.0 Å². The normalized spacial score (nSPS) is 18.5. The molecule has 0 saturated carbocycles. The summed E-state index contributed by atoms with van der Waals surface area (Å²) in [6.45, 7) is 5.25. The number of anilines is 2. The summed E-state index contributed by atoms with van der Waals surface area (Å²) in [6, 6.07) is 15.7. The first-order chi connectivity index (χ1) is 14.8. The summed E-state index contributed by atoms with van der Waals surface area (Å²) in [7, 11) is 0. The fourth-order valence-corrected chi connectivity index (χ4v) is 4.87. The molecule has 0 unspecified atom stereocenters. The van der Waals surface area contributed by atoms with E-state index in [-0.39, 0.29) is 0 Å². The van der Waals surface area contributed by atoms with Crippen LogP contribution in [0.1, 0.15) is 24.3 Å². The van der Waals surface area contributed by atoms with Gasteiger partial charge in [0.15, 0.2) is 5.58 Å². The van der Waals surface area contributed by atoms with Crippen molar-refractivity contribution in [3.8, 4) is 0 Å². The van der Waals surface area contributed by atoms with Gasteiger partial charge in [-0.3, -0.25) is 0 Å². The van der Waals surface area contributed by atoms with Gasteiger partial charge in [-0.15, -0.1) is 0 Å². The second-order valence-electron chi connectivity index (χ2n) is 8.30. The summed E-state index contributed by atoms with van der Waals surface area (Å²) < 4.78 is 11.4. The minimum atomic E-state index is 0.612. The molecule has 6 nitrogen and oxygen atoms in total. The first kappa shape index (κ1) is 17.8. The highest BCUT2D eigenvalue weighted by atomic mass is 16.5. The highest BCUT2D eigenvalue weighted by Gasteiger charge is 2.24. The van der Waals surface area contributed by atoms with E-state index in [4.69, 9.17) is 14.1 Å². The van der Waals surface area contributed by atoms with Gasteiger partial charge >= 0.3 is 0 Å². The summed E-state index contributed by atoms with van der Waals surface area (Å²) >= 11 is 0. The maximum atomic E-state index is 5.99. The van der Waals surface area contributed by atoms with E-state index in [2.05, 4.69) is 63.4 Å². The van der Waals surface area contributed by atoms with Gasteiger partial charge < -0.3 is 23.9 Å². The number of nitrogens with one attached hydrogen (secondary N) is 1. The van der Waals surface area contributed by atoms with E-state index in [9.17, 15) is 0 Å². The fourth-order valence-electron chi connectivity index (χ4n) is 4.87. The van der Waals surface area contributed by atoms with Gasteiger partial charge in [-0.25, -0.2) is 0 Å². The molecule has 2 aliphatic heterocycles. The van der Waals surface area contributed by atoms with Gasteiger partial charge in [0, 0.05) is 49.0 Å². The number of hydrogen-bond donors (Lipinski definition) is 1. The molecule has 4 heterocycles. The Morgan fingerprint density at radius 2 is 1.77 bits per heavy atom. The van der Waals surface area contributed by atoms with Crippen LogP contribution in [0, 0.1) is 0 Å². The smallest absolute Gasteiger partial charge is 0.298 e. The predicted molar refractivity (Wildman–Crippen MR) is 120 cm³/mol. The third kappa shape index (κ3) is 3.12. The number of aromatic nitrogens is 2. The van der Waals surface area contributed by atoms with Gasteiger partial charge in [-0.1, -0.05) is 18.2 Å². The highest BCUT2D eigenvalue weighted by Crippen LogP contribution is 2.35. The van der Waals surface area contributed by atoms with E-state index in [0.717, 1.165) is 63.3 Å². The zero-order chi connectivity index (χ0) is 19.9. The second kappa shape index (κ2) is 7.36. The quantitative estimate of drug-likeness (QED) is 0.546. The number of benzene rings is 2. The van der Waals surface area contributed by atoms with Crippen LogP contribution in [0.3, 0.4) is 0 Å². The third-order valence-corrected chi connectivity index (χ3v) is 6.56. The van der Waals surface area contributed by atoms with Crippen molar-refractivity contribution >= 4 is 33.7 Å². The summed E-state index contributed by atoms with van der Waals surface area (Å²) in [5.41, 5.74) is 5.73. The predicted octanol–water partition coefficient (Wildman–Crippen LogP) is 4.53. The molecule has 2 aromatic carbocycles. The van der Waals surface area contributed by atoms with E-state index in [1.165, 1.54) is 22.2 Å². The van der Waals surface area contributed by atoms with Gasteiger partial charge in [-0.2, -0.15) is 4.98 Å². The molecule has 2 aromatic heterocycles. The van der Waals surface area contributed by atoms with Crippen LogP contribution in [0.5, 0.6) is 0 Å². The molecule has 0 spiro atoms. The van der Waals surface area contributed by atoms with Crippen LogP contribution in [0.4, 0.5) is 11.7 Å². The Hall–Kier alpha value is -2.99. The van der Waals surface area contributed by atoms with Crippen molar-refractivity contribution in [2.24, 2.45) is 0 Å². The monoisotopic (exact) mass is 402 g/mol. The molecule has 6 rings (SSSR count). The average molecular weight is 402 g/mol. The third-order valence-electron chi connectivity index (χ3n) is 6.56. The van der Waals surface area contributed by atoms with Crippen molar-refractivity contribution in [2.75, 3.05) is 49.2 Å². The van der Waals surface area contributed by atoms with Crippen molar-refractivity contribution in [3.63, 3.8) is 0 Å². The zero-order valence-corrected chi connectivity index (χ0v) is 17.0. The van der Waals surface area contributed by atoms with Crippen LogP contribution in [-0.2, 0) is 4.74 Å². The van der Waals surface area contributed by atoms with E-state index in [1.807, 2.05) is 0 Å². The largest absolute Gasteiger partial charge is 0.423 e. The van der Waals surface area contributed by atoms with E-state index in [1.54, 1.807) is 0 Å². The summed E-state index contributed by atoms with van der Waals surface area (Å²) in [6.07, 6.45) is 4.54. The maximum Gasteiger partial charge on any atom is 0.298 e. The highest BCUT2D eigenvalue weighted by molar-refractivity contribution is 5.84. The van der Waals surface area contributed by atoms with Crippen molar-refractivity contribution in [3.05, 3.63) is 54.2 Å². The number of nitrogens with zero attached hydrogens (tertiary/aromatic N) is 3. The van der Waals surface area contributed by atoms with E-state index < -0.39 is 0 Å². The summed E-state index contributed by atoms with van der Waals surface area (Å²) in [5.74, 6) is 0.612.